The molecular weight excluding hydrogens is 352 g/mol. The molecule has 4 N–H and O–H groups in total. The molecule has 2 rings (SSSR count). The highest BCUT2D eigenvalue weighted by molar-refractivity contribution is 6.03. The maximum absolute atomic E-state index is 11.9. The Morgan fingerprint density at radius 3 is 2.37 bits per heavy atom. The Balaban J connectivity index is 1.90. The highest BCUT2D eigenvalue weighted by Gasteiger charge is 2.19. The van der Waals surface area contributed by atoms with E-state index in [1.165, 1.54) is 12.1 Å². The second kappa shape index (κ2) is 8.22. The van der Waals surface area contributed by atoms with Gasteiger partial charge in [0.2, 0.25) is 0 Å². The molecule has 8 nitrogen and oxygen atoms in total. The Hall–Kier alpha value is -3.55. The number of nitrogens with one attached hydrogen (secondary N) is 2. The van der Waals surface area contributed by atoms with Crippen molar-refractivity contribution < 1.29 is 29.3 Å². The number of hydrogen-bond acceptors (Lipinski definition) is 6. The molecule has 0 bridgehead atoms. The largest absolute Gasteiger partial charge is 0.504 e. The van der Waals surface area contributed by atoms with Gasteiger partial charge in [0.15, 0.2) is 18.1 Å². The van der Waals surface area contributed by atoms with Gasteiger partial charge in [-0.1, -0.05) is 18.2 Å². The van der Waals surface area contributed by atoms with Gasteiger partial charge in [-0.05, 0) is 49.6 Å². The molecule has 0 unspecified atom stereocenters. The number of imide groups is 1. The van der Waals surface area contributed by atoms with E-state index in [0.717, 1.165) is 11.1 Å². The first-order chi connectivity index (χ1) is 12.7. The van der Waals surface area contributed by atoms with Crippen LogP contribution in [-0.4, -0.2) is 34.7 Å². The van der Waals surface area contributed by atoms with Gasteiger partial charge in [-0.2, -0.15) is 0 Å². The maximum atomic E-state index is 11.9. The number of benzene rings is 2. The van der Waals surface area contributed by atoms with Crippen molar-refractivity contribution in [3.8, 4) is 11.5 Å². The summed E-state index contributed by atoms with van der Waals surface area (Å²) < 4.78 is 4.76. The van der Waals surface area contributed by atoms with E-state index < -0.39 is 36.0 Å². The summed E-state index contributed by atoms with van der Waals surface area (Å²) in [5, 5.41) is 24.0. The number of rotatable bonds is 4. The van der Waals surface area contributed by atoms with Crippen LogP contribution in [0.5, 0.6) is 11.5 Å². The highest BCUT2D eigenvalue weighted by Crippen LogP contribution is 2.32. The Morgan fingerprint density at radius 2 is 1.67 bits per heavy atom. The lowest BCUT2D eigenvalue weighted by Crippen LogP contribution is -2.37. The number of ether oxygens (including phenoxy) is 1. The van der Waals surface area contributed by atoms with Crippen LogP contribution in [0.3, 0.4) is 0 Å². The van der Waals surface area contributed by atoms with Crippen LogP contribution in [0.2, 0.25) is 0 Å². The summed E-state index contributed by atoms with van der Waals surface area (Å²) in [6, 6.07) is 7.27. The van der Waals surface area contributed by atoms with Gasteiger partial charge in [0.05, 0.1) is 0 Å². The van der Waals surface area contributed by atoms with E-state index in [4.69, 9.17) is 4.74 Å². The summed E-state index contributed by atoms with van der Waals surface area (Å²) in [6.45, 7) is 4.54. The molecule has 0 saturated heterocycles. The molecule has 0 spiro atoms. The topological polar surface area (TPSA) is 125 Å². The number of aromatic hydroxyl groups is 2. The van der Waals surface area contributed by atoms with E-state index in [2.05, 4.69) is 5.32 Å². The number of esters is 1. The molecule has 0 atom stereocenters. The minimum absolute atomic E-state index is 0.286. The molecule has 0 heterocycles. The van der Waals surface area contributed by atoms with Crippen LogP contribution in [0.25, 0.3) is 0 Å². The zero-order valence-electron chi connectivity index (χ0n) is 15.1. The fourth-order valence-corrected chi connectivity index (χ4v) is 2.26. The third kappa shape index (κ3) is 4.75. The zero-order valence-corrected chi connectivity index (χ0v) is 15.1. The summed E-state index contributed by atoms with van der Waals surface area (Å²) in [5.74, 6) is -2.93. The maximum Gasteiger partial charge on any atom is 0.342 e. The fraction of sp³-hybridized carbons (Fsp3) is 0.211. The van der Waals surface area contributed by atoms with Crippen LogP contribution >= 0.6 is 0 Å². The summed E-state index contributed by atoms with van der Waals surface area (Å²) >= 11 is 0. The number of carbonyl (C=O) groups excluding carboxylic acids is 3. The van der Waals surface area contributed by atoms with E-state index in [1.54, 1.807) is 19.1 Å². The van der Waals surface area contributed by atoms with Crippen molar-refractivity contribution in [3.05, 3.63) is 52.6 Å². The first-order valence-corrected chi connectivity index (χ1v) is 8.06. The molecule has 0 aromatic heterocycles. The van der Waals surface area contributed by atoms with Crippen molar-refractivity contribution in [1.29, 1.82) is 0 Å². The van der Waals surface area contributed by atoms with Gasteiger partial charge in [0.25, 0.3) is 5.91 Å². The van der Waals surface area contributed by atoms with Gasteiger partial charge in [0, 0.05) is 5.69 Å². The summed E-state index contributed by atoms with van der Waals surface area (Å²) in [4.78, 5) is 35.6. The van der Waals surface area contributed by atoms with E-state index in [9.17, 15) is 24.6 Å². The molecule has 0 fully saturated rings. The van der Waals surface area contributed by atoms with E-state index >= 15 is 0 Å². The lowest BCUT2D eigenvalue weighted by atomic mass is 10.1. The van der Waals surface area contributed by atoms with Gasteiger partial charge in [-0.3, -0.25) is 10.1 Å². The highest BCUT2D eigenvalue weighted by atomic mass is 16.5. The molecule has 142 valence electrons. The SMILES string of the molecule is Cc1cccc(NC(=O)NC(=O)COC(=O)c2ccc(C)c(O)c2O)c1C. The van der Waals surface area contributed by atoms with Crippen LogP contribution in [0.15, 0.2) is 30.3 Å². The smallest absolute Gasteiger partial charge is 0.342 e. The summed E-state index contributed by atoms with van der Waals surface area (Å²) in [5.41, 5.74) is 2.49. The predicted molar refractivity (Wildman–Crippen MR) is 97.9 cm³/mol. The molecule has 3 amide bonds. The van der Waals surface area contributed by atoms with Crippen LogP contribution < -0.4 is 10.6 Å². The molecule has 2 aromatic rings. The number of carbonyl (C=O) groups is 3. The van der Waals surface area contributed by atoms with Crippen molar-refractivity contribution >= 4 is 23.6 Å². The second-order valence-corrected chi connectivity index (χ2v) is 5.95. The van der Waals surface area contributed by atoms with Gasteiger partial charge >= 0.3 is 12.0 Å². The molecule has 8 heteroatoms. The minimum Gasteiger partial charge on any atom is -0.504 e. The lowest BCUT2D eigenvalue weighted by Gasteiger charge is -2.11. The summed E-state index contributed by atoms with van der Waals surface area (Å²) in [6.07, 6.45) is 0. The van der Waals surface area contributed by atoms with Crippen LogP contribution in [0, 0.1) is 20.8 Å². The molecular formula is C19H20N2O6. The van der Waals surface area contributed by atoms with Gasteiger partial charge in [0.1, 0.15) is 5.56 Å². The third-order valence-electron chi connectivity index (χ3n) is 4.01. The Morgan fingerprint density at radius 1 is 0.963 bits per heavy atom. The number of urea groups is 1. The Bertz CT molecular complexity index is 907. The van der Waals surface area contributed by atoms with Crippen LogP contribution in [0.1, 0.15) is 27.0 Å². The molecule has 0 aliphatic rings. The molecule has 0 aliphatic heterocycles. The Labute approximate surface area is 155 Å². The molecule has 27 heavy (non-hydrogen) atoms. The molecule has 2 aromatic carbocycles. The number of phenolic OH excluding ortho intramolecular Hbond substituents is 2. The molecule has 0 saturated carbocycles. The zero-order chi connectivity index (χ0) is 20.1. The van der Waals surface area contributed by atoms with E-state index in [-0.39, 0.29) is 5.56 Å². The van der Waals surface area contributed by atoms with Gasteiger partial charge < -0.3 is 20.3 Å². The van der Waals surface area contributed by atoms with Gasteiger partial charge in [-0.15, -0.1) is 0 Å². The first-order valence-electron chi connectivity index (χ1n) is 8.06. The van der Waals surface area contributed by atoms with E-state index in [0.29, 0.717) is 11.3 Å². The van der Waals surface area contributed by atoms with Crippen molar-refractivity contribution in [2.45, 2.75) is 20.8 Å². The van der Waals surface area contributed by atoms with Crippen LogP contribution in [-0.2, 0) is 9.53 Å². The van der Waals surface area contributed by atoms with E-state index in [1.807, 2.05) is 25.2 Å². The lowest BCUT2D eigenvalue weighted by molar-refractivity contribution is -0.123. The quantitative estimate of drug-likeness (QED) is 0.483. The normalized spacial score (nSPS) is 10.2. The van der Waals surface area contributed by atoms with Crippen molar-refractivity contribution in [1.82, 2.24) is 5.32 Å². The van der Waals surface area contributed by atoms with Crippen molar-refractivity contribution in [2.75, 3.05) is 11.9 Å². The first kappa shape index (κ1) is 19.8. The van der Waals surface area contributed by atoms with Crippen molar-refractivity contribution in [3.63, 3.8) is 0 Å². The number of aryl methyl sites for hydroxylation is 2. The van der Waals surface area contributed by atoms with Crippen LogP contribution in [0.4, 0.5) is 10.5 Å². The number of hydrogen-bond donors (Lipinski definition) is 4. The monoisotopic (exact) mass is 372 g/mol. The average molecular weight is 372 g/mol. The number of amides is 3. The Kier molecular flexibility index (Phi) is 6.02. The number of anilines is 1. The number of phenols is 2. The second-order valence-electron chi connectivity index (χ2n) is 5.95. The average Bonchev–Trinajstić information content (AvgIpc) is 2.61. The van der Waals surface area contributed by atoms with Gasteiger partial charge in [-0.25, -0.2) is 9.59 Å². The fourth-order valence-electron chi connectivity index (χ4n) is 2.26. The molecule has 0 aliphatic carbocycles. The summed E-state index contributed by atoms with van der Waals surface area (Å²) in [7, 11) is 0. The standard InChI is InChI=1S/C19H20N2O6/c1-10-5-4-6-14(12(10)3)20-19(26)21-15(22)9-27-18(25)13-8-7-11(2)16(23)17(13)24/h4-8,23-24H,9H2,1-3H3,(H2,20,21,22,26). The van der Waals surface area contributed by atoms with Crippen molar-refractivity contribution in [2.24, 2.45) is 0 Å². The minimum atomic E-state index is -1.01. The third-order valence-corrected chi connectivity index (χ3v) is 4.01. The molecule has 0 radical (unpaired) electrons. The predicted octanol–water partition coefficient (Wildman–Crippen LogP) is 2.53.